The summed E-state index contributed by atoms with van der Waals surface area (Å²) in [5, 5.41) is 10.8. The van der Waals surface area contributed by atoms with Crippen LogP contribution in [0.15, 0.2) is 70.3 Å². The van der Waals surface area contributed by atoms with E-state index in [-0.39, 0.29) is 41.5 Å². The van der Waals surface area contributed by atoms with Crippen molar-refractivity contribution in [2.75, 3.05) is 13.2 Å². The Morgan fingerprint density at radius 2 is 1.70 bits per heavy atom. The zero-order chi connectivity index (χ0) is 22.7. The van der Waals surface area contributed by atoms with Gasteiger partial charge in [0.25, 0.3) is 5.91 Å². The Balaban J connectivity index is 0.00000306. The van der Waals surface area contributed by atoms with Crippen LogP contribution in [0.1, 0.15) is 5.56 Å². The van der Waals surface area contributed by atoms with E-state index in [1.807, 2.05) is 30.3 Å². The molecule has 0 fully saturated rings. The van der Waals surface area contributed by atoms with Crippen molar-refractivity contribution in [1.82, 2.24) is 5.01 Å². The van der Waals surface area contributed by atoms with Crippen LogP contribution in [0.25, 0.3) is 6.08 Å². The van der Waals surface area contributed by atoms with Crippen molar-refractivity contribution in [3.05, 3.63) is 65.7 Å². The molecule has 2 aliphatic heterocycles. The summed E-state index contributed by atoms with van der Waals surface area (Å²) in [5.74, 6) is -0.0614. The molecule has 33 heavy (non-hydrogen) atoms. The molecule has 4 rings (SSSR count). The van der Waals surface area contributed by atoms with E-state index in [0.717, 1.165) is 5.75 Å². The topological polar surface area (TPSA) is 87.3 Å². The van der Waals surface area contributed by atoms with E-state index < -0.39 is 23.0 Å². The molecule has 1 N–H and O–H groups in total. The average molecular weight is 497 g/mol. The maximum Gasteiger partial charge on any atom is 0.441 e. The zero-order valence-electron chi connectivity index (χ0n) is 16.7. The van der Waals surface area contributed by atoms with Crippen LogP contribution in [0.5, 0.6) is 11.5 Å². The largest absolute Gasteiger partial charge is 0.490 e. The average Bonchev–Trinajstić information content (AvgIpc) is 3.20. The first-order valence-electron chi connectivity index (χ1n) is 9.29. The fourth-order valence-corrected chi connectivity index (χ4v) is 3.56. The summed E-state index contributed by atoms with van der Waals surface area (Å²) in [6.45, 7) is 0.597. The summed E-state index contributed by atoms with van der Waals surface area (Å²) in [5.41, 5.74) is 0.344. The molecule has 0 saturated carbocycles. The third kappa shape index (κ3) is 5.74. The molecular weight excluding hydrogens is 481 g/mol. The van der Waals surface area contributed by atoms with Crippen LogP contribution in [0.3, 0.4) is 0 Å². The van der Waals surface area contributed by atoms with Crippen molar-refractivity contribution in [2.24, 2.45) is 10.1 Å². The predicted molar refractivity (Wildman–Crippen MR) is 122 cm³/mol. The number of carbonyl (C=O) groups excluding carboxylic acids is 1. The normalized spacial score (nSPS) is 16.7. The predicted octanol–water partition coefficient (Wildman–Crippen LogP) is 4.75. The Morgan fingerprint density at radius 3 is 2.39 bits per heavy atom. The van der Waals surface area contributed by atoms with Crippen LogP contribution in [0.4, 0.5) is 13.2 Å². The molecule has 0 aliphatic carbocycles. The Morgan fingerprint density at radius 1 is 1.03 bits per heavy atom. The number of para-hydroxylation sites is 1. The third-order valence-electron chi connectivity index (χ3n) is 4.23. The van der Waals surface area contributed by atoms with Crippen LogP contribution < -0.4 is 9.47 Å². The highest BCUT2D eigenvalue weighted by molar-refractivity contribution is 8.27. The van der Waals surface area contributed by atoms with Gasteiger partial charge in [-0.05, 0) is 47.7 Å². The Hall–Kier alpha value is -3.31. The van der Waals surface area contributed by atoms with E-state index in [1.165, 1.54) is 6.08 Å². The molecule has 1 amide bonds. The van der Waals surface area contributed by atoms with Crippen LogP contribution in [-0.4, -0.2) is 46.4 Å². The second kappa shape index (κ2) is 10.1. The van der Waals surface area contributed by atoms with Gasteiger partial charge >= 0.3 is 6.18 Å². The van der Waals surface area contributed by atoms with E-state index in [1.54, 1.807) is 24.3 Å². The number of aliphatic imine (C=N–C) groups is 1. The standard InChI is InChI=1S/C21H15F3N4O3S.ClH/c22-21(23,24)19-27-28-17(25)16(18(29)26-20(28)32-19)12-13-5-4-8-15(11-13)31-10-9-30-14-6-2-1-3-7-14;/h1-8,11-12,25H,9-10H2;1H/b16-12-,25-17?;. The minimum atomic E-state index is -4.69. The summed E-state index contributed by atoms with van der Waals surface area (Å²) in [4.78, 5) is 16.0. The van der Waals surface area contributed by atoms with Crippen LogP contribution in [0, 0.1) is 5.41 Å². The first kappa shape index (κ1) is 24.3. The molecule has 2 heterocycles. The van der Waals surface area contributed by atoms with Crippen LogP contribution in [0.2, 0.25) is 0 Å². The van der Waals surface area contributed by atoms with Gasteiger partial charge in [-0.25, -0.2) is 0 Å². The number of nitrogens with zero attached hydrogens (tertiary/aromatic N) is 3. The van der Waals surface area contributed by atoms with E-state index in [9.17, 15) is 18.0 Å². The number of nitrogens with one attached hydrogen (secondary N) is 1. The molecule has 2 aromatic rings. The first-order chi connectivity index (χ1) is 15.3. The number of hydrazone groups is 1. The highest BCUT2D eigenvalue weighted by Crippen LogP contribution is 2.35. The highest BCUT2D eigenvalue weighted by Gasteiger charge is 2.46. The van der Waals surface area contributed by atoms with Gasteiger partial charge in [-0.15, -0.1) is 12.4 Å². The maximum atomic E-state index is 12.9. The van der Waals surface area contributed by atoms with E-state index >= 15 is 0 Å². The number of benzene rings is 2. The van der Waals surface area contributed by atoms with Gasteiger partial charge in [0.2, 0.25) is 10.2 Å². The van der Waals surface area contributed by atoms with E-state index in [4.69, 9.17) is 14.9 Å². The summed E-state index contributed by atoms with van der Waals surface area (Å²) in [6, 6.07) is 16.0. The molecule has 0 radical (unpaired) electrons. The number of thioether (sulfide) groups is 1. The molecule has 0 unspecified atom stereocenters. The lowest BCUT2D eigenvalue weighted by Crippen LogP contribution is -2.35. The summed E-state index contributed by atoms with van der Waals surface area (Å²) < 4.78 is 49.9. The van der Waals surface area contributed by atoms with Crippen molar-refractivity contribution < 1.29 is 27.4 Å². The number of carbonyl (C=O) groups is 1. The number of amidine groups is 2. The van der Waals surface area contributed by atoms with Gasteiger partial charge in [0.05, 0.1) is 5.57 Å². The molecule has 0 saturated heterocycles. The third-order valence-corrected chi connectivity index (χ3v) is 5.18. The van der Waals surface area contributed by atoms with Gasteiger partial charge in [-0.3, -0.25) is 10.2 Å². The molecule has 2 aliphatic rings. The molecular formula is C21H16ClF3N4O3S. The number of ether oxygens (including phenoxy) is 2. The van der Waals surface area contributed by atoms with Crippen LogP contribution in [-0.2, 0) is 4.79 Å². The smallest absolute Gasteiger partial charge is 0.441 e. The van der Waals surface area contributed by atoms with E-state index in [2.05, 4.69) is 10.1 Å². The minimum absolute atomic E-state index is 0. The van der Waals surface area contributed by atoms with Crippen molar-refractivity contribution in [2.45, 2.75) is 6.18 Å². The fourth-order valence-electron chi connectivity index (χ4n) is 2.80. The number of hydrogen-bond acceptors (Lipinski definition) is 6. The fraction of sp³-hybridized carbons (Fsp3) is 0.143. The molecule has 7 nitrogen and oxygen atoms in total. The minimum Gasteiger partial charge on any atom is -0.490 e. The van der Waals surface area contributed by atoms with Gasteiger partial charge < -0.3 is 9.47 Å². The second-order valence-corrected chi connectivity index (χ2v) is 7.46. The summed E-state index contributed by atoms with van der Waals surface area (Å²) in [7, 11) is 0. The number of alkyl halides is 3. The lowest BCUT2D eigenvalue weighted by atomic mass is 10.1. The number of hydrogen-bond donors (Lipinski definition) is 1. The molecule has 0 atom stereocenters. The van der Waals surface area contributed by atoms with Crippen LogP contribution >= 0.6 is 24.2 Å². The van der Waals surface area contributed by atoms with E-state index in [0.29, 0.717) is 22.9 Å². The molecule has 0 aromatic heterocycles. The number of rotatable bonds is 6. The van der Waals surface area contributed by atoms with Gasteiger partial charge in [-0.2, -0.15) is 28.3 Å². The quantitative estimate of drug-likeness (QED) is 0.461. The zero-order valence-corrected chi connectivity index (χ0v) is 18.3. The monoisotopic (exact) mass is 496 g/mol. The second-order valence-electron chi connectivity index (χ2n) is 6.51. The molecule has 2 aromatic carbocycles. The highest BCUT2D eigenvalue weighted by atomic mass is 35.5. The van der Waals surface area contributed by atoms with Crippen molar-refractivity contribution >= 4 is 52.2 Å². The summed E-state index contributed by atoms with van der Waals surface area (Å²) >= 11 is 0.210. The Bertz CT molecular complexity index is 1150. The summed E-state index contributed by atoms with van der Waals surface area (Å²) in [6.07, 6.45) is -3.32. The van der Waals surface area contributed by atoms with Crippen molar-refractivity contribution in [3.8, 4) is 11.5 Å². The Kier molecular flexibility index (Phi) is 7.44. The van der Waals surface area contributed by atoms with Gasteiger partial charge in [0.1, 0.15) is 24.7 Å². The van der Waals surface area contributed by atoms with Crippen molar-refractivity contribution in [1.29, 1.82) is 5.41 Å². The lowest BCUT2D eigenvalue weighted by Gasteiger charge is -2.20. The van der Waals surface area contributed by atoms with Gasteiger partial charge in [-0.1, -0.05) is 30.3 Å². The SMILES string of the molecule is Cl.N=C1/C(=C/c2cccc(OCCOc3ccccc3)c2)C(=O)N=C2SC(C(F)(F)F)=NN12. The number of amides is 1. The number of fused-ring (bicyclic) bond motifs is 1. The lowest BCUT2D eigenvalue weighted by molar-refractivity contribution is -0.114. The molecule has 0 bridgehead atoms. The van der Waals surface area contributed by atoms with Gasteiger partial charge in [0.15, 0.2) is 5.84 Å². The number of halogens is 4. The molecule has 172 valence electrons. The Labute approximate surface area is 196 Å². The van der Waals surface area contributed by atoms with Crippen molar-refractivity contribution in [3.63, 3.8) is 0 Å². The molecule has 0 spiro atoms. The van der Waals surface area contributed by atoms with Gasteiger partial charge in [0, 0.05) is 0 Å². The first-order valence-corrected chi connectivity index (χ1v) is 10.1. The molecule has 12 heteroatoms. The maximum absolute atomic E-state index is 12.9.